The number of thioether (sulfide) groups is 1. The van der Waals surface area contributed by atoms with Gasteiger partial charge < -0.3 is 9.52 Å². The first-order valence-corrected chi connectivity index (χ1v) is 8.75. The first-order valence-electron chi connectivity index (χ1n) is 7.76. The highest BCUT2D eigenvalue weighted by Crippen LogP contribution is 2.23. The maximum atomic E-state index is 12.7. The van der Waals surface area contributed by atoms with Crippen LogP contribution in [-0.2, 0) is 12.3 Å². The summed E-state index contributed by atoms with van der Waals surface area (Å²) in [6.07, 6.45) is 0.505. The van der Waals surface area contributed by atoms with Gasteiger partial charge in [-0.3, -0.25) is 9.36 Å². The lowest BCUT2D eigenvalue weighted by atomic mass is 10.2. The third-order valence-electron chi connectivity index (χ3n) is 3.76. The van der Waals surface area contributed by atoms with Crippen LogP contribution in [0.4, 0.5) is 0 Å². The van der Waals surface area contributed by atoms with Crippen molar-refractivity contribution in [2.45, 2.75) is 37.7 Å². The molecule has 0 fully saturated rings. The quantitative estimate of drug-likeness (QED) is 0.546. The van der Waals surface area contributed by atoms with Gasteiger partial charge in [0.15, 0.2) is 5.16 Å². The zero-order valence-corrected chi connectivity index (χ0v) is 14.5. The Morgan fingerprint density at radius 1 is 1.25 bits per heavy atom. The van der Waals surface area contributed by atoms with Crippen molar-refractivity contribution in [2.24, 2.45) is 0 Å². The molecule has 2 aromatic heterocycles. The van der Waals surface area contributed by atoms with Crippen LogP contribution in [0, 0.1) is 13.8 Å². The van der Waals surface area contributed by atoms with E-state index in [0.29, 0.717) is 40.7 Å². The molecule has 126 valence electrons. The molecule has 0 saturated heterocycles. The molecule has 0 bridgehead atoms. The summed E-state index contributed by atoms with van der Waals surface area (Å²) in [5.74, 6) is 1.92. The lowest BCUT2D eigenvalue weighted by molar-refractivity contribution is 0.276. The van der Waals surface area contributed by atoms with Crippen molar-refractivity contribution >= 4 is 22.7 Å². The summed E-state index contributed by atoms with van der Waals surface area (Å²) in [6, 6.07) is 7.29. The van der Waals surface area contributed by atoms with Crippen molar-refractivity contribution in [3.8, 4) is 0 Å². The average molecular weight is 345 g/mol. The number of aliphatic hydroxyl groups is 1. The molecular weight excluding hydrogens is 326 g/mol. The van der Waals surface area contributed by atoms with Crippen LogP contribution in [0.1, 0.15) is 23.8 Å². The van der Waals surface area contributed by atoms with Gasteiger partial charge in [0.2, 0.25) is 5.89 Å². The molecule has 0 amide bonds. The van der Waals surface area contributed by atoms with Crippen molar-refractivity contribution < 1.29 is 9.52 Å². The summed E-state index contributed by atoms with van der Waals surface area (Å²) in [4.78, 5) is 21.7. The number of fused-ring (bicyclic) bond motifs is 1. The van der Waals surface area contributed by atoms with Gasteiger partial charge in [0.1, 0.15) is 5.76 Å². The van der Waals surface area contributed by atoms with Crippen molar-refractivity contribution in [3.05, 3.63) is 52.0 Å². The van der Waals surface area contributed by atoms with Crippen LogP contribution >= 0.6 is 11.8 Å². The monoisotopic (exact) mass is 345 g/mol. The Labute approximate surface area is 143 Å². The zero-order valence-electron chi connectivity index (χ0n) is 13.7. The molecule has 0 aliphatic rings. The highest BCUT2D eigenvalue weighted by molar-refractivity contribution is 7.98. The molecule has 0 atom stereocenters. The van der Waals surface area contributed by atoms with Gasteiger partial charge in [-0.1, -0.05) is 23.9 Å². The molecule has 0 saturated carbocycles. The molecule has 0 spiro atoms. The maximum absolute atomic E-state index is 12.7. The van der Waals surface area contributed by atoms with E-state index in [1.165, 1.54) is 11.8 Å². The number of oxazole rings is 1. The minimum Gasteiger partial charge on any atom is -0.445 e. The summed E-state index contributed by atoms with van der Waals surface area (Å²) in [7, 11) is 0. The van der Waals surface area contributed by atoms with Gasteiger partial charge in [-0.25, -0.2) is 9.97 Å². The minimum absolute atomic E-state index is 0.0293. The van der Waals surface area contributed by atoms with E-state index in [-0.39, 0.29) is 12.2 Å². The van der Waals surface area contributed by atoms with Crippen LogP contribution in [0.2, 0.25) is 0 Å². The molecule has 0 aliphatic heterocycles. The number of para-hydroxylation sites is 1. The summed E-state index contributed by atoms with van der Waals surface area (Å²) in [5.41, 5.74) is 1.45. The Balaban J connectivity index is 1.96. The van der Waals surface area contributed by atoms with E-state index in [2.05, 4.69) is 9.97 Å². The van der Waals surface area contributed by atoms with Gasteiger partial charge in [0, 0.05) is 13.2 Å². The van der Waals surface area contributed by atoms with Crippen LogP contribution < -0.4 is 5.56 Å². The molecule has 3 aromatic rings. The second-order valence-corrected chi connectivity index (χ2v) is 6.43. The standard InChI is InChI=1S/C17H19N3O3S/c1-11-12(2)23-15(18-11)10-24-17-19-14-7-4-3-6-13(14)16(22)20(17)8-5-9-21/h3-4,6-7,21H,5,8-10H2,1-2H3. The highest BCUT2D eigenvalue weighted by atomic mass is 32.2. The maximum Gasteiger partial charge on any atom is 0.262 e. The van der Waals surface area contributed by atoms with E-state index in [4.69, 9.17) is 9.52 Å². The van der Waals surface area contributed by atoms with Gasteiger partial charge in [0.05, 0.1) is 22.3 Å². The molecule has 0 radical (unpaired) electrons. The molecule has 7 heteroatoms. The Kier molecular flexibility index (Phi) is 5.01. The second-order valence-electron chi connectivity index (χ2n) is 5.48. The van der Waals surface area contributed by atoms with E-state index in [1.54, 1.807) is 10.6 Å². The number of rotatable bonds is 6. The van der Waals surface area contributed by atoms with Gasteiger partial charge in [-0.15, -0.1) is 0 Å². The number of hydrogen-bond donors (Lipinski definition) is 1. The van der Waals surface area contributed by atoms with Crippen LogP contribution in [-0.4, -0.2) is 26.2 Å². The Bertz CT molecular complexity index is 898. The van der Waals surface area contributed by atoms with Crippen molar-refractivity contribution in [1.29, 1.82) is 0 Å². The molecule has 1 aromatic carbocycles. The SMILES string of the molecule is Cc1nc(CSc2nc3ccccc3c(=O)n2CCCO)oc1C. The Morgan fingerprint density at radius 3 is 2.75 bits per heavy atom. The molecule has 0 unspecified atom stereocenters. The average Bonchev–Trinajstić information content (AvgIpc) is 2.90. The first-order chi connectivity index (χ1) is 11.6. The largest absolute Gasteiger partial charge is 0.445 e. The molecule has 6 nitrogen and oxygen atoms in total. The molecular formula is C17H19N3O3S. The number of aliphatic hydroxyl groups excluding tert-OH is 1. The van der Waals surface area contributed by atoms with Gasteiger partial charge >= 0.3 is 0 Å². The van der Waals surface area contributed by atoms with E-state index in [9.17, 15) is 4.79 Å². The normalized spacial score (nSPS) is 11.3. The lowest BCUT2D eigenvalue weighted by Gasteiger charge is -2.11. The first kappa shape index (κ1) is 16.7. The Morgan fingerprint density at radius 2 is 2.04 bits per heavy atom. The number of nitrogens with zero attached hydrogens (tertiary/aromatic N) is 3. The van der Waals surface area contributed by atoms with Crippen molar-refractivity contribution in [1.82, 2.24) is 14.5 Å². The van der Waals surface area contributed by atoms with Crippen molar-refractivity contribution in [3.63, 3.8) is 0 Å². The van der Waals surface area contributed by atoms with Gasteiger partial charge in [0.25, 0.3) is 5.56 Å². The minimum atomic E-state index is -0.0867. The van der Waals surface area contributed by atoms with Crippen molar-refractivity contribution in [2.75, 3.05) is 6.61 Å². The predicted octanol–water partition coefficient (Wildman–Crippen LogP) is 2.68. The molecule has 2 heterocycles. The predicted molar refractivity (Wildman–Crippen MR) is 93.2 cm³/mol. The third-order valence-corrected chi connectivity index (χ3v) is 4.73. The van der Waals surface area contributed by atoms with Gasteiger partial charge in [-0.05, 0) is 32.4 Å². The van der Waals surface area contributed by atoms with E-state index < -0.39 is 0 Å². The molecule has 0 aliphatic carbocycles. The fourth-order valence-electron chi connectivity index (χ4n) is 2.41. The smallest absolute Gasteiger partial charge is 0.262 e. The number of hydrogen-bond acceptors (Lipinski definition) is 6. The second kappa shape index (κ2) is 7.19. The van der Waals surface area contributed by atoms with Crippen LogP contribution in [0.25, 0.3) is 10.9 Å². The van der Waals surface area contributed by atoms with E-state index in [1.807, 2.05) is 32.0 Å². The topological polar surface area (TPSA) is 81.2 Å². The lowest BCUT2D eigenvalue weighted by Crippen LogP contribution is -2.24. The number of benzene rings is 1. The highest BCUT2D eigenvalue weighted by Gasteiger charge is 2.13. The number of aryl methyl sites for hydroxylation is 2. The Hall–Kier alpha value is -2.12. The van der Waals surface area contributed by atoms with Crippen LogP contribution in [0.3, 0.4) is 0 Å². The van der Waals surface area contributed by atoms with Gasteiger partial charge in [-0.2, -0.15) is 0 Å². The summed E-state index contributed by atoms with van der Waals surface area (Å²) >= 11 is 1.42. The fourth-order valence-corrected chi connectivity index (χ4v) is 3.28. The summed E-state index contributed by atoms with van der Waals surface area (Å²) < 4.78 is 7.20. The summed E-state index contributed by atoms with van der Waals surface area (Å²) in [5, 5.41) is 10.3. The van der Waals surface area contributed by atoms with E-state index >= 15 is 0 Å². The fraction of sp³-hybridized carbons (Fsp3) is 0.353. The summed E-state index contributed by atoms with van der Waals surface area (Å²) in [6.45, 7) is 4.24. The van der Waals surface area contributed by atoms with E-state index in [0.717, 1.165) is 11.5 Å². The molecule has 24 heavy (non-hydrogen) atoms. The zero-order chi connectivity index (χ0) is 17.1. The molecule has 3 rings (SSSR count). The number of aromatic nitrogens is 3. The third kappa shape index (κ3) is 3.37. The van der Waals surface area contributed by atoms with Crippen LogP contribution in [0.15, 0.2) is 38.6 Å². The molecule has 1 N–H and O–H groups in total. The van der Waals surface area contributed by atoms with Crippen LogP contribution in [0.5, 0.6) is 0 Å².